The molecule has 0 radical (unpaired) electrons. The van der Waals surface area contributed by atoms with E-state index < -0.39 is 0 Å². The van der Waals surface area contributed by atoms with Crippen molar-refractivity contribution in [3.05, 3.63) is 66.0 Å². The fourth-order valence-electron chi connectivity index (χ4n) is 5.86. The van der Waals surface area contributed by atoms with Crippen LogP contribution in [0.25, 0.3) is 5.82 Å². The molecule has 4 N–H and O–H groups in total. The smallest absolute Gasteiger partial charge is 0.248 e. The maximum absolute atomic E-state index is 6.30. The Labute approximate surface area is 270 Å². The molecule has 2 fully saturated rings. The molecule has 13 nitrogen and oxygen atoms in total. The third kappa shape index (κ3) is 8.42. The first-order valence-electron chi connectivity index (χ1n) is 16.0. The Morgan fingerprint density at radius 3 is 2.52 bits per heavy atom. The molecule has 0 atom stereocenters. The number of morpholine rings is 1. The van der Waals surface area contributed by atoms with Crippen LogP contribution in [0.4, 0.5) is 23.4 Å². The number of nitrogens with zero attached hydrogens (tertiary/aromatic N) is 7. The molecule has 0 aliphatic carbocycles. The van der Waals surface area contributed by atoms with Crippen LogP contribution in [-0.4, -0.2) is 100 Å². The Morgan fingerprint density at radius 1 is 0.935 bits per heavy atom. The minimum Gasteiger partial charge on any atom is -0.493 e. The lowest BCUT2D eigenvalue weighted by Gasteiger charge is -2.32. The van der Waals surface area contributed by atoms with Gasteiger partial charge in [-0.15, -0.1) is 5.10 Å². The average Bonchev–Trinajstić information content (AvgIpc) is 3.44. The number of nitrogens with two attached hydrogens (primary N) is 1. The van der Waals surface area contributed by atoms with Gasteiger partial charge in [-0.2, -0.15) is 9.67 Å². The summed E-state index contributed by atoms with van der Waals surface area (Å²) in [6.45, 7) is 10.0. The highest BCUT2D eigenvalue weighted by molar-refractivity contribution is 5.60. The van der Waals surface area contributed by atoms with E-state index in [0.717, 1.165) is 83.3 Å². The molecule has 13 heteroatoms. The van der Waals surface area contributed by atoms with Crippen molar-refractivity contribution in [2.24, 2.45) is 0 Å². The second-order valence-corrected chi connectivity index (χ2v) is 11.7. The van der Waals surface area contributed by atoms with E-state index in [-0.39, 0.29) is 5.95 Å². The van der Waals surface area contributed by atoms with E-state index in [0.29, 0.717) is 41.7 Å². The predicted molar refractivity (Wildman–Crippen MR) is 178 cm³/mol. The first-order chi connectivity index (χ1) is 22.5. The zero-order valence-corrected chi connectivity index (χ0v) is 26.7. The Balaban J connectivity index is 1.04. The molecule has 46 heavy (non-hydrogen) atoms. The number of hydrogen-bond acceptors (Lipinski definition) is 12. The third-order valence-electron chi connectivity index (χ3n) is 8.26. The van der Waals surface area contributed by atoms with Crippen LogP contribution < -0.4 is 25.8 Å². The highest BCUT2D eigenvalue weighted by Gasteiger charge is 2.21. The number of methoxy groups -OCH3 is 1. The molecule has 6 rings (SSSR count). The topological polar surface area (TPSA) is 141 Å². The first kappa shape index (κ1) is 31.5. The number of anilines is 4. The van der Waals surface area contributed by atoms with Crippen molar-refractivity contribution in [3.8, 4) is 17.3 Å². The molecular weight excluding hydrogens is 584 g/mol. The van der Waals surface area contributed by atoms with E-state index in [1.807, 2.05) is 31.2 Å². The largest absolute Gasteiger partial charge is 0.493 e. The van der Waals surface area contributed by atoms with Gasteiger partial charge in [0.05, 0.1) is 26.9 Å². The van der Waals surface area contributed by atoms with Crippen molar-refractivity contribution in [2.75, 3.05) is 76.0 Å². The third-order valence-corrected chi connectivity index (χ3v) is 8.26. The van der Waals surface area contributed by atoms with Crippen LogP contribution in [0.5, 0.6) is 11.5 Å². The second kappa shape index (κ2) is 15.2. The van der Waals surface area contributed by atoms with Gasteiger partial charge in [-0.3, -0.25) is 9.80 Å². The first-order valence-corrected chi connectivity index (χ1v) is 16.0. The Hall–Kier alpha value is -4.46. The summed E-state index contributed by atoms with van der Waals surface area (Å²) >= 11 is 0. The number of nitrogens with one attached hydrogen (secondary N) is 2. The molecule has 2 aliphatic rings. The van der Waals surface area contributed by atoms with Gasteiger partial charge in [-0.25, -0.2) is 9.97 Å². The fourth-order valence-corrected chi connectivity index (χ4v) is 5.86. The van der Waals surface area contributed by atoms with Gasteiger partial charge < -0.3 is 30.6 Å². The molecule has 4 aromatic rings. The minimum absolute atomic E-state index is 0.216. The Morgan fingerprint density at radius 2 is 1.74 bits per heavy atom. The van der Waals surface area contributed by atoms with E-state index in [2.05, 4.69) is 70.8 Å². The normalized spacial score (nSPS) is 16.3. The highest BCUT2D eigenvalue weighted by Crippen LogP contribution is 2.31. The summed E-state index contributed by atoms with van der Waals surface area (Å²) in [5.74, 6) is 3.79. The SMILES string of the molecule is COc1cc(Nc2nc(N)n(-c3cc(NC4CCN(Cc5ccccc5)CC4)nc(C)n3)n2)ccc1OCCCN1CCOCC1. The summed E-state index contributed by atoms with van der Waals surface area (Å²) in [5, 5.41) is 11.4. The number of likely N-dealkylation sites (tertiary alicyclic amines) is 1. The maximum Gasteiger partial charge on any atom is 0.248 e. The quantitative estimate of drug-likeness (QED) is 0.185. The molecule has 0 bridgehead atoms. The van der Waals surface area contributed by atoms with Crippen LogP contribution in [0.3, 0.4) is 0 Å². The van der Waals surface area contributed by atoms with Crippen molar-refractivity contribution in [2.45, 2.75) is 38.8 Å². The van der Waals surface area contributed by atoms with Crippen molar-refractivity contribution in [1.29, 1.82) is 0 Å². The van der Waals surface area contributed by atoms with Crippen molar-refractivity contribution in [1.82, 2.24) is 34.5 Å². The molecule has 4 heterocycles. The number of nitrogen functional groups attached to an aromatic ring is 1. The highest BCUT2D eigenvalue weighted by atomic mass is 16.5. The number of benzene rings is 2. The molecule has 0 amide bonds. The zero-order chi connectivity index (χ0) is 31.7. The van der Waals surface area contributed by atoms with Gasteiger partial charge in [0, 0.05) is 63.1 Å². The molecular formula is C33H44N10O3. The molecule has 0 spiro atoms. The average molecular weight is 629 g/mol. The summed E-state index contributed by atoms with van der Waals surface area (Å²) < 4.78 is 18.6. The van der Waals surface area contributed by atoms with Gasteiger partial charge in [-0.1, -0.05) is 30.3 Å². The van der Waals surface area contributed by atoms with Crippen molar-refractivity contribution in [3.63, 3.8) is 0 Å². The van der Waals surface area contributed by atoms with Gasteiger partial charge in [0.15, 0.2) is 17.3 Å². The van der Waals surface area contributed by atoms with Gasteiger partial charge in [0.25, 0.3) is 0 Å². The number of piperidine rings is 1. The summed E-state index contributed by atoms with van der Waals surface area (Å²) in [6, 6.07) is 18.5. The van der Waals surface area contributed by atoms with Crippen molar-refractivity contribution >= 4 is 23.4 Å². The molecule has 244 valence electrons. The monoisotopic (exact) mass is 628 g/mol. The van der Waals surface area contributed by atoms with E-state index >= 15 is 0 Å². The lowest BCUT2D eigenvalue weighted by atomic mass is 10.0. The number of aromatic nitrogens is 5. The maximum atomic E-state index is 6.30. The number of rotatable bonds is 13. The molecule has 0 unspecified atom stereocenters. The lowest BCUT2D eigenvalue weighted by Crippen LogP contribution is -2.38. The van der Waals surface area contributed by atoms with Crippen LogP contribution in [0.2, 0.25) is 0 Å². The minimum atomic E-state index is 0.216. The number of hydrogen-bond donors (Lipinski definition) is 3. The van der Waals surface area contributed by atoms with E-state index in [4.69, 9.17) is 19.9 Å². The molecule has 0 saturated carbocycles. The van der Waals surface area contributed by atoms with E-state index in [9.17, 15) is 0 Å². The summed E-state index contributed by atoms with van der Waals surface area (Å²) in [6.07, 6.45) is 3.00. The van der Waals surface area contributed by atoms with Crippen LogP contribution in [0, 0.1) is 6.92 Å². The van der Waals surface area contributed by atoms with Gasteiger partial charge >= 0.3 is 0 Å². The summed E-state index contributed by atoms with van der Waals surface area (Å²) in [7, 11) is 1.63. The van der Waals surface area contributed by atoms with Crippen LogP contribution >= 0.6 is 0 Å². The fraction of sp³-hybridized carbons (Fsp3) is 0.455. The van der Waals surface area contributed by atoms with Crippen molar-refractivity contribution < 1.29 is 14.2 Å². The van der Waals surface area contributed by atoms with Crippen LogP contribution in [-0.2, 0) is 11.3 Å². The number of ether oxygens (including phenoxy) is 3. The Bertz CT molecular complexity index is 1550. The molecule has 2 aromatic heterocycles. The predicted octanol–water partition coefficient (Wildman–Crippen LogP) is 3.88. The zero-order valence-electron chi connectivity index (χ0n) is 26.7. The second-order valence-electron chi connectivity index (χ2n) is 11.7. The number of aryl methyl sites for hydroxylation is 1. The van der Waals surface area contributed by atoms with E-state index in [1.54, 1.807) is 7.11 Å². The van der Waals surface area contributed by atoms with Gasteiger partial charge in [0.1, 0.15) is 11.6 Å². The molecule has 2 aromatic carbocycles. The Kier molecular flexibility index (Phi) is 10.4. The summed E-state index contributed by atoms with van der Waals surface area (Å²) in [5.41, 5.74) is 8.39. The van der Waals surface area contributed by atoms with Gasteiger partial charge in [0.2, 0.25) is 11.9 Å². The lowest BCUT2D eigenvalue weighted by molar-refractivity contribution is 0.0357. The summed E-state index contributed by atoms with van der Waals surface area (Å²) in [4.78, 5) is 18.5. The van der Waals surface area contributed by atoms with Crippen LogP contribution in [0.15, 0.2) is 54.6 Å². The molecule has 2 aliphatic heterocycles. The van der Waals surface area contributed by atoms with Gasteiger partial charge in [-0.05, 0) is 43.9 Å². The van der Waals surface area contributed by atoms with Crippen LogP contribution in [0.1, 0.15) is 30.7 Å². The standard InChI is InChI=1S/C33H44N10O3/c1-24-35-30(37-26-11-14-42(15-12-26)23-25-7-4-3-5-8-25)22-31(36-24)43-32(34)39-33(40-43)38-27-9-10-28(29(21-27)44-2)46-18-6-13-41-16-19-45-20-17-41/h3-5,7-10,21-22,26H,6,11-20,23H2,1-2H3,(H,35,36,37)(H3,34,38,39,40). The molecule has 2 saturated heterocycles. The van der Waals surface area contributed by atoms with E-state index in [1.165, 1.54) is 10.2 Å².